The fourth-order valence-corrected chi connectivity index (χ4v) is 3.75. The number of allylic oxidation sites excluding steroid dienone is 1. The molecule has 0 atom stereocenters. The van der Waals surface area contributed by atoms with E-state index in [1.807, 2.05) is 36.4 Å². The molecule has 1 amide bonds. The first-order valence-electron chi connectivity index (χ1n) is 10.9. The van der Waals surface area contributed by atoms with E-state index in [0.29, 0.717) is 40.5 Å². The molecule has 0 saturated carbocycles. The number of carbonyl (C=O) groups excluding carboxylic acids is 1. The molecule has 0 aromatic heterocycles. The Labute approximate surface area is 198 Å². The molecule has 0 aliphatic carbocycles. The van der Waals surface area contributed by atoms with Crippen LogP contribution >= 0.6 is 0 Å². The van der Waals surface area contributed by atoms with Gasteiger partial charge in [-0.15, -0.1) is 6.58 Å². The number of rotatable bonds is 8. The first-order valence-corrected chi connectivity index (χ1v) is 10.9. The molecule has 0 spiro atoms. The van der Waals surface area contributed by atoms with E-state index >= 15 is 0 Å². The minimum Gasteiger partial charge on any atom is -0.493 e. The van der Waals surface area contributed by atoms with Crippen LogP contribution in [-0.4, -0.2) is 18.7 Å². The highest BCUT2D eigenvalue weighted by Crippen LogP contribution is 2.36. The van der Waals surface area contributed by atoms with Crippen molar-refractivity contribution in [3.8, 4) is 11.5 Å². The zero-order valence-electron chi connectivity index (χ0n) is 19.1. The maximum atomic E-state index is 14.1. The van der Waals surface area contributed by atoms with Gasteiger partial charge in [-0.2, -0.15) is 10.1 Å². The van der Waals surface area contributed by atoms with E-state index < -0.39 is 0 Å². The predicted molar refractivity (Wildman–Crippen MR) is 133 cm³/mol. The van der Waals surface area contributed by atoms with Gasteiger partial charge in [-0.3, -0.25) is 4.79 Å². The summed E-state index contributed by atoms with van der Waals surface area (Å²) in [4.78, 5) is 13.1. The molecule has 1 aliphatic heterocycles. The molecule has 0 fully saturated rings. The summed E-state index contributed by atoms with van der Waals surface area (Å²) < 4.78 is 25.6. The van der Waals surface area contributed by atoms with Crippen LogP contribution in [0.5, 0.6) is 11.5 Å². The lowest BCUT2D eigenvalue weighted by Crippen LogP contribution is -2.21. The number of nitrogens with zero attached hydrogens (tertiary/aromatic N) is 2. The van der Waals surface area contributed by atoms with E-state index in [9.17, 15) is 9.18 Å². The van der Waals surface area contributed by atoms with Gasteiger partial charge in [0, 0.05) is 11.1 Å². The molecule has 34 heavy (non-hydrogen) atoms. The van der Waals surface area contributed by atoms with Crippen LogP contribution in [0.1, 0.15) is 23.6 Å². The summed E-state index contributed by atoms with van der Waals surface area (Å²) >= 11 is 0. The molecule has 4 rings (SSSR count). The fraction of sp³-hybridized carbons (Fsp3) is 0.143. The lowest BCUT2D eigenvalue weighted by atomic mass is 10.0. The Bertz CT molecular complexity index is 1280. The Kier molecular flexibility index (Phi) is 6.87. The molecule has 1 aliphatic rings. The number of benzene rings is 3. The summed E-state index contributed by atoms with van der Waals surface area (Å²) in [5.74, 6) is 0.475. The number of hydrazone groups is 1. The first-order chi connectivity index (χ1) is 16.5. The SMILES string of the molecule is C=CCc1cc(/C=C2/C(=O)N(c3ccccc3)N=C2C)cc(OC)c1OCc1ccccc1F. The highest BCUT2D eigenvalue weighted by Gasteiger charge is 2.28. The van der Waals surface area contributed by atoms with Gasteiger partial charge in [-0.25, -0.2) is 4.39 Å². The molecular formula is C28H25FN2O3. The third kappa shape index (κ3) is 4.76. The van der Waals surface area contributed by atoms with Gasteiger partial charge in [0.05, 0.1) is 24.1 Å². The largest absolute Gasteiger partial charge is 0.493 e. The Morgan fingerprint density at radius 3 is 2.50 bits per heavy atom. The second-order valence-electron chi connectivity index (χ2n) is 7.78. The number of para-hydroxylation sites is 1. The van der Waals surface area contributed by atoms with Gasteiger partial charge in [0.1, 0.15) is 12.4 Å². The molecular weight excluding hydrogens is 431 g/mol. The van der Waals surface area contributed by atoms with Crippen molar-refractivity contribution in [1.82, 2.24) is 0 Å². The number of hydrogen-bond acceptors (Lipinski definition) is 4. The number of carbonyl (C=O) groups is 1. The third-order valence-electron chi connectivity index (χ3n) is 5.44. The Balaban J connectivity index is 1.66. The van der Waals surface area contributed by atoms with Crippen molar-refractivity contribution in [2.75, 3.05) is 12.1 Å². The molecule has 0 saturated heterocycles. The van der Waals surface area contributed by atoms with E-state index in [4.69, 9.17) is 9.47 Å². The average Bonchev–Trinajstić information content (AvgIpc) is 3.13. The van der Waals surface area contributed by atoms with Crippen LogP contribution in [0.25, 0.3) is 6.08 Å². The number of amides is 1. The van der Waals surface area contributed by atoms with Crippen molar-refractivity contribution in [2.45, 2.75) is 20.0 Å². The minimum absolute atomic E-state index is 0.0594. The van der Waals surface area contributed by atoms with E-state index in [-0.39, 0.29) is 18.3 Å². The van der Waals surface area contributed by atoms with Crippen molar-refractivity contribution in [3.05, 3.63) is 107 Å². The summed E-state index contributed by atoms with van der Waals surface area (Å²) in [5.41, 5.74) is 3.85. The maximum absolute atomic E-state index is 14.1. The fourth-order valence-electron chi connectivity index (χ4n) is 3.75. The second-order valence-corrected chi connectivity index (χ2v) is 7.78. The topological polar surface area (TPSA) is 51.1 Å². The van der Waals surface area contributed by atoms with Crippen molar-refractivity contribution < 1.29 is 18.7 Å². The van der Waals surface area contributed by atoms with Crippen molar-refractivity contribution >= 4 is 23.4 Å². The second kappa shape index (κ2) is 10.2. The Hall–Kier alpha value is -4.19. The van der Waals surface area contributed by atoms with E-state index in [2.05, 4.69) is 11.7 Å². The number of halogens is 1. The van der Waals surface area contributed by atoms with Crippen LogP contribution in [0.15, 0.2) is 90.1 Å². The van der Waals surface area contributed by atoms with Crippen molar-refractivity contribution in [3.63, 3.8) is 0 Å². The molecule has 1 heterocycles. The van der Waals surface area contributed by atoms with E-state index in [1.165, 1.54) is 11.1 Å². The van der Waals surface area contributed by atoms with Crippen LogP contribution in [0.4, 0.5) is 10.1 Å². The normalized spacial score (nSPS) is 14.3. The lowest BCUT2D eigenvalue weighted by Gasteiger charge is -2.16. The standard InChI is InChI=1S/C28H25FN2O3/c1-4-10-21-15-20(16-24-19(2)30-31(28(24)32)23-12-6-5-7-13-23)17-26(33-3)27(21)34-18-22-11-8-9-14-25(22)29/h4-9,11-17H,1,10,18H2,2-3H3/b24-16+. The van der Waals surface area contributed by atoms with Gasteiger partial charge in [0.25, 0.3) is 5.91 Å². The number of hydrogen-bond donors (Lipinski definition) is 0. The molecule has 3 aromatic rings. The average molecular weight is 457 g/mol. The third-order valence-corrected chi connectivity index (χ3v) is 5.44. The van der Waals surface area contributed by atoms with Crippen molar-refractivity contribution in [1.29, 1.82) is 0 Å². The van der Waals surface area contributed by atoms with Crippen molar-refractivity contribution in [2.24, 2.45) is 5.10 Å². The summed E-state index contributed by atoms with van der Waals surface area (Å²) in [5, 5.41) is 5.83. The molecule has 0 unspecified atom stereocenters. The molecule has 5 nitrogen and oxygen atoms in total. The number of methoxy groups -OCH3 is 1. The minimum atomic E-state index is -0.328. The summed E-state index contributed by atoms with van der Waals surface area (Å²) in [6.07, 6.45) is 4.06. The van der Waals surface area contributed by atoms with Gasteiger partial charge >= 0.3 is 0 Å². The zero-order valence-corrected chi connectivity index (χ0v) is 19.1. The van der Waals surface area contributed by atoms with E-state index in [1.54, 1.807) is 50.5 Å². The van der Waals surface area contributed by atoms with Gasteiger partial charge < -0.3 is 9.47 Å². The van der Waals surface area contributed by atoms with E-state index in [0.717, 1.165) is 11.1 Å². The van der Waals surface area contributed by atoms with Gasteiger partial charge in [0.15, 0.2) is 11.5 Å². The predicted octanol–water partition coefficient (Wildman–Crippen LogP) is 5.95. The smallest absolute Gasteiger partial charge is 0.280 e. The summed E-state index contributed by atoms with van der Waals surface area (Å²) in [6.45, 7) is 5.70. The van der Waals surface area contributed by atoms with Crippen LogP contribution < -0.4 is 14.5 Å². The molecule has 0 N–H and O–H groups in total. The Morgan fingerprint density at radius 1 is 1.06 bits per heavy atom. The number of anilines is 1. The van der Waals surface area contributed by atoms with Gasteiger partial charge in [-0.05, 0) is 55.3 Å². The highest BCUT2D eigenvalue weighted by molar-refractivity contribution is 6.32. The van der Waals surface area contributed by atoms with Crippen LogP contribution in [-0.2, 0) is 17.8 Å². The van der Waals surface area contributed by atoms with Gasteiger partial charge in [-0.1, -0.05) is 42.5 Å². The lowest BCUT2D eigenvalue weighted by molar-refractivity contribution is -0.114. The van der Waals surface area contributed by atoms with Crippen LogP contribution in [0.2, 0.25) is 0 Å². The molecule has 3 aromatic carbocycles. The zero-order chi connectivity index (χ0) is 24.1. The van der Waals surface area contributed by atoms with Gasteiger partial charge in [0.2, 0.25) is 0 Å². The maximum Gasteiger partial charge on any atom is 0.280 e. The van der Waals surface area contributed by atoms with Crippen LogP contribution in [0, 0.1) is 5.82 Å². The quantitative estimate of drug-likeness (QED) is 0.311. The summed E-state index contributed by atoms with van der Waals surface area (Å²) in [7, 11) is 1.55. The molecule has 6 heteroatoms. The molecule has 172 valence electrons. The number of ether oxygens (including phenoxy) is 2. The monoisotopic (exact) mass is 456 g/mol. The summed E-state index contributed by atoms with van der Waals surface area (Å²) in [6, 6.07) is 19.5. The molecule has 0 radical (unpaired) electrons. The first kappa shape index (κ1) is 23.0. The Morgan fingerprint density at radius 2 is 1.79 bits per heavy atom. The van der Waals surface area contributed by atoms with Crippen LogP contribution in [0.3, 0.4) is 0 Å². The highest BCUT2D eigenvalue weighted by atomic mass is 19.1. The molecule has 0 bridgehead atoms.